The van der Waals surface area contributed by atoms with Gasteiger partial charge in [0.05, 0.1) is 26.2 Å². The molecule has 0 aliphatic carbocycles. The topological polar surface area (TPSA) is 111 Å². The lowest BCUT2D eigenvalue weighted by atomic mass is 10.1. The van der Waals surface area contributed by atoms with Crippen LogP contribution >= 0.6 is 0 Å². The number of rotatable bonds is 11. The maximum Gasteiger partial charge on any atom is 0.392 e. The number of hydrogen-bond donors (Lipinski definition) is 1. The van der Waals surface area contributed by atoms with Gasteiger partial charge in [-0.1, -0.05) is 0 Å². The molecule has 0 saturated carbocycles. The minimum absolute atomic E-state index is 0.111. The summed E-state index contributed by atoms with van der Waals surface area (Å²) in [7, 11) is 1.40. The van der Waals surface area contributed by atoms with E-state index in [1.54, 1.807) is 0 Å². The molecule has 0 unspecified atom stereocenters. The minimum Gasteiger partial charge on any atom is -0.464 e. The summed E-state index contributed by atoms with van der Waals surface area (Å²) in [5, 5.41) is 0. The van der Waals surface area contributed by atoms with Crippen molar-refractivity contribution in [3.8, 4) is 0 Å². The number of halogens is 3. The van der Waals surface area contributed by atoms with Gasteiger partial charge in [-0.15, -0.1) is 0 Å². The monoisotopic (exact) mass is 427 g/mol. The molecule has 12 heteroatoms. The van der Waals surface area contributed by atoms with Crippen LogP contribution in [0.3, 0.4) is 0 Å². The smallest absolute Gasteiger partial charge is 0.392 e. The highest BCUT2D eigenvalue weighted by Gasteiger charge is 2.28. The van der Waals surface area contributed by atoms with Crippen molar-refractivity contribution < 1.29 is 41.8 Å². The molecule has 0 spiro atoms. The standard InChI is InChI=1S/C17H28F3N3O6/c1-22(12-15(25)28-11-7-23-5-9-27-10-6-23)14(24)3-2-13(21)16(26)29-8-4-17(18,19)20/h13H,2-12,21H2,1H3/t13-/m1/s1. The SMILES string of the molecule is CN(CC(=O)OCCN1CCOCC1)C(=O)CC[C@@H](N)C(=O)OCCC(F)(F)F. The van der Waals surface area contributed by atoms with Gasteiger partial charge in [-0.25, -0.2) is 0 Å². The Bertz CT molecular complexity index is 541. The average molecular weight is 427 g/mol. The van der Waals surface area contributed by atoms with Crippen molar-refractivity contribution in [1.82, 2.24) is 9.80 Å². The molecular weight excluding hydrogens is 399 g/mol. The van der Waals surface area contributed by atoms with Gasteiger partial charge in [-0.05, 0) is 6.42 Å². The molecule has 0 aromatic heterocycles. The highest BCUT2D eigenvalue weighted by Crippen LogP contribution is 2.19. The number of alkyl halides is 3. The molecule has 9 nitrogen and oxygen atoms in total. The van der Waals surface area contributed by atoms with Gasteiger partial charge in [0, 0.05) is 33.1 Å². The summed E-state index contributed by atoms with van der Waals surface area (Å²) in [4.78, 5) is 38.6. The number of amides is 1. The molecule has 1 aliphatic rings. The van der Waals surface area contributed by atoms with Crippen LogP contribution in [0.2, 0.25) is 0 Å². The first-order valence-corrected chi connectivity index (χ1v) is 9.27. The largest absolute Gasteiger partial charge is 0.464 e. The second-order valence-corrected chi connectivity index (χ2v) is 6.60. The Hall–Kier alpha value is -1.92. The number of nitrogens with zero attached hydrogens (tertiary/aromatic N) is 2. The summed E-state index contributed by atoms with van der Waals surface area (Å²) in [5.41, 5.74) is 5.52. The van der Waals surface area contributed by atoms with E-state index in [4.69, 9.17) is 15.2 Å². The Morgan fingerprint density at radius 3 is 2.45 bits per heavy atom. The van der Waals surface area contributed by atoms with Crippen molar-refractivity contribution in [2.24, 2.45) is 5.73 Å². The summed E-state index contributed by atoms with van der Waals surface area (Å²) in [6, 6.07) is -1.22. The van der Waals surface area contributed by atoms with Gasteiger partial charge >= 0.3 is 18.1 Å². The number of ether oxygens (including phenoxy) is 3. The van der Waals surface area contributed by atoms with Crippen molar-refractivity contribution in [2.45, 2.75) is 31.5 Å². The lowest BCUT2D eigenvalue weighted by Crippen LogP contribution is -2.39. The molecule has 1 fully saturated rings. The summed E-state index contributed by atoms with van der Waals surface area (Å²) >= 11 is 0. The Morgan fingerprint density at radius 1 is 1.17 bits per heavy atom. The zero-order chi connectivity index (χ0) is 21.9. The van der Waals surface area contributed by atoms with Crippen molar-refractivity contribution in [2.75, 3.05) is 59.7 Å². The molecule has 168 valence electrons. The van der Waals surface area contributed by atoms with Crippen LogP contribution in [-0.2, 0) is 28.6 Å². The second-order valence-electron chi connectivity index (χ2n) is 6.60. The van der Waals surface area contributed by atoms with E-state index in [0.717, 1.165) is 18.0 Å². The van der Waals surface area contributed by atoms with Gasteiger partial charge in [-0.2, -0.15) is 13.2 Å². The second kappa shape index (κ2) is 12.6. The molecule has 1 heterocycles. The van der Waals surface area contributed by atoms with Crippen molar-refractivity contribution in [3.63, 3.8) is 0 Å². The zero-order valence-corrected chi connectivity index (χ0v) is 16.4. The van der Waals surface area contributed by atoms with Crippen molar-refractivity contribution in [1.29, 1.82) is 0 Å². The minimum atomic E-state index is -4.43. The average Bonchev–Trinajstić information content (AvgIpc) is 2.65. The predicted octanol–water partition coefficient (Wildman–Crippen LogP) is -0.0767. The van der Waals surface area contributed by atoms with Gasteiger partial charge in [0.2, 0.25) is 5.91 Å². The molecular formula is C17H28F3N3O6. The maximum absolute atomic E-state index is 12.0. The third kappa shape index (κ3) is 11.6. The third-order valence-electron chi connectivity index (χ3n) is 4.17. The van der Waals surface area contributed by atoms with Crippen LogP contribution in [0, 0.1) is 0 Å². The number of nitrogens with two attached hydrogens (primary N) is 1. The van der Waals surface area contributed by atoms with E-state index in [2.05, 4.69) is 9.64 Å². The van der Waals surface area contributed by atoms with Crippen LogP contribution < -0.4 is 5.73 Å². The molecule has 1 aliphatic heterocycles. The number of morpholine rings is 1. The molecule has 1 saturated heterocycles. The first kappa shape index (κ1) is 25.1. The maximum atomic E-state index is 12.0. The third-order valence-corrected chi connectivity index (χ3v) is 4.17. The fourth-order valence-electron chi connectivity index (χ4n) is 2.40. The molecule has 0 aromatic rings. The van der Waals surface area contributed by atoms with Gasteiger partial charge < -0.3 is 24.8 Å². The number of likely N-dealkylation sites (N-methyl/N-ethyl adjacent to an activating group) is 1. The Kier molecular flexibility index (Phi) is 10.9. The first-order valence-electron chi connectivity index (χ1n) is 9.27. The quantitative estimate of drug-likeness (QED) is 0.456. The van der Waals surface area contributed by atoms with E-state index in [-0.39, 0.29) is 26.0 Å². The van der Waals surface area contributed by atoms with Crippen LogP contribution in [0.25, 0.3) is 0 Å². The summed E-state index contributed by atoms with van der Waals surface area (Å²) < 4.78 is 50.8. The van der Waals surface area contributed by atoms with E-state index in [0.29, 0.717) is 19.8 Å². The van der Waals surface area contributed by atoms with Gasteiger partial charge in [-0.3, -0.25) is 19.3 Å². The van der Waals surface area contributed by atoms with E-state index < -0.39 is 43.1 Å². The summed E-state index contributed by atoms with van der Waals surface area (Å²) in [6.07, 6.45) is -5.96. The van der Waals surface area contributed by atoms with Crippen molar-refractivity contribution >= 4 is 17.8 Å². The van der Waals surface area contributed by atoms with Crippen LogP contribution in [0.15, 0.2) is 0 Å². The lowest BCUT2D eigenvalue weighted by molar-refractivity contribution is -0.160. The Labute approximate surface area is 167 Å². The normalized spacial score (nSPS) is 16.2. The molecule has 1 amide bonds. The van der Waals surface area contributed by atoms with Crippen molar-refractivity contribution in [3.05, 3.63) is 0 Å². The molecule has 1 atom stereocenters. The van der Waals surface area contributed by atoms with Gasteiger partial charge in [0.1, 0.15) is 19.2 Å². The van der Waals surface area contributed by atoms with E-state index in [9.17, 15) is 27.6 Å². The predicted molar refractivity (Wildman–Crippen MR) is 94.7 cm³/mol. The van der Waals surface area contributed by atoms with E-state index in [1.165, 1.54) is 7.05 Å². The first-order chi connectivity index (χ1) is 13.6. The number of carbonyl (C=O) groups is 3. The van der Waals surface area contributed by atoms with Gasteiger partial charge in [0.15, 0.2) is 0 Å². The highest BCUT2D eigenvalue weighted by molar-refractivity contribution is 5.82. The van der Waals surface area contributed by atoms with E-state index in [1.807, 2.05) is 0 Å². The summed E-state index contributed by atoms with van der Waals surface area (Å²) in [6.45, 7) is 2.54. The molecule has 29 heavy (non-hydrogen) atoms. The number of esters is 2. The highest BCUT2D eigenvalue weighted by atomic mass is 19.4. The van der Waals surface area contributed by atoms with E-state index >= 15 is 0 Å². The zero-order valence-electron chi connectivity index (χ0n) is 16.4. The Balaban J connectivity index is 2.18. The van der Waals surface area contributed by atoms with Crippen LogP contribution in [0.1, 0.15) is 19.3 Å². The molecule has 1 rings (SSSR count). The van der Waals surface area contributed by atoms with Crippen LogP contribution in [-0.4, -0.2) is 99.5 Å². The molecule has 0 aromatic carbocycles. The van der Waals surface area contributed by atoms with Crippen LogP contribution in [0.4, 0.5) is 13.2 Å². The molecule has 0 radical (unpaired) electrons. The number of carbonyl (C=O) groups excluding carboxylic acids is 3. The molecule has 2 N–H and O–H groups in total. The lowest BCUT2D eigenvalue weighted by Gasteiger charge is -2.26. The Morgan fingerprint density at radius 2 is 1.83 bits per heavy atom. The summed E-state index contributed by atoms with van der Waals surface area (Å²) in [5.74, 6) is -2.02. The van der Waals surface area contributed by atoms with Gasteiger partial charge in [0.25, 0.3) is 0 Å². The number of hydrogen-bond acceptors (Lipinski definition) is 8. The van der Waals surface area contributed by atoms with Crippen LogP contribution in [0.5, 0.6) is 0 Å². The fourth-order valence-corrected chi connectivity index (χ4v) is 2.40. The fraction of sp³-hybridized carbons (Fsp3) is 0.824. The molecule has 0 bridgehead atoms.